The Balaban J connectivity index is 2.10. The molecule has 0 saturated carbocycles. The molecule has 0 aliphatic heterocycles. The normalized spacial score (nSPS) is 10.3. The van der Waals surface area contributed by atoms with Gasteiger partial charge in [0.2, 0.25) is 11.6 Å². The van der Waals surface area contributed by atoms with Gasteiger partial charge < -0.3 is 19.9 Å². The third-order valence-corrected chi connectivity index (χ3v) is 2.50. The van der Waals surface area contributed by atoms with E-state index in [4.69, 9.17) is 15.0 Å². The minimum absolute atomic E-state index is 0.400. The number of ether oxygens (including phenoxy) is 1. The lowest BCUT2D eigenvalue weighted by molar-refractivity contribution is 0.414. The smallest absolute Gasteiger partial charge is 0.213 e. The second-order valence-electron chi connectivity index (χ2n) is 3.68. The van der Waals surface area contributed by atoms with Crippen molar-refractivity contribution in [3.05, 3.63) is 24.2 Å². The fourth-order valence-corrected chi connectivity index (χ4v) is 1.55. The monoisotopic (exact) mass is 264 g/mol. The van der Waals surface area contributed by atoms with Gasteiger partial charge in [0.15, 0.2) is 11.6 Å². The first-order valence-corrected chi connectivity index (χ1v) is 5.81. The summed E-state index contributed by atoms with van der Waals surface area (Å²) in [5, 5.41) is 3.06. The first-order valence-electron chi connectivity index (χ1n) is 5.81. The fraction of sp³-hybridized carbons (Fsp3) is 0.364. The molecule has 0 saturated heterocycles. The summed E-state index contributed by atoms with van der Waals surface area (Å²) in [4.78, 5) is 12.2. The fourth-order valence-electron chi connectivity index (χ4n) is 1.55. The van der Waals surface area contributed by atoms with Crippen LogP contribution in [0.4, 0.5) is 11.6 Å². The zero-order valence-electron chi connectivity index (χ0n) is 10.8. The number of aryl methyl sites for hydroxylation is 1. The van der Waals surface area contributed by atoms with Crippen LogP contribution in [0.15, 0.2) is 16.9 Å². The Labute approximate surface area is 110 Å². The molecule has 2 aromatic rings. The van der Waals surface area contributed by atoms with Gasteiger partial charge in [0, 0.05) is 6.42 Å². The Bertz CT molecular complexity index is 542. The predicted octanol–water partition coefficient (Wildman–Crippen LogP) is 0.933. The first-order chi connectivity index (χ1) is 9.28. The summed E-state index contributed by atoms with van der Waals surface area (Å²) in [5.74, 6) is 8.13. The minimum Gasteiger partial charge on any atom is -0.490 e. The number of hydrogen-bond acceptors (Lipinski definition) is 8. The number of nitrogen functional groups attached to an aromatic ring is 1. The summed E-state index contributed by atoms with van der Waals surface area (Å²) in [6, 6.07) is 0. The number of methoxy groups -OCH3 is 1. The summed E-state index contributed by atoms with van der Waals surface area (Å²) in [5.41, 5.74) is 2.44. The largest absolute Gasteiger partial charge is 0.490 e. The van der Waals surface area contributed by atoms with E-state index in [2.05, 4.69) is 25.7 Å². The Morgan fingerprint density at radius 1 is 1.32 bits per heavy atom. The highest BCUT2D eigenvalue weighted by Gasteiger charge is 2.11. The van der Waals surface area contributed by atoms with E-state index in [0.717, 1.165) is 12.2 Å². The lowest BCUT2D eigenvalue weighted by atomic mass is 10.4. The molecule has 0 atom stereocenters. The van der Waals surface area contributed by atoms with E-state index < -0.39 is 0 Å². The maximum absolute atomic E-state index is 5.49. The third kappa shape index (κ3) is 2.91. The van der Waals surface area contributed by atoms with Crippen LogP contribution in [0.25, 0.3) is 0 Å². The van der Waals surface area contributed by atoms with Crippen molar-refractivity contribution in [2.75, 3.05) is 17.9 Å². The van der Waals surface area contributed by atoms with E-state index in [1.165, 1.54) is 13.4 Å². The molecule has 0 spiro atoms. The van der Waals surface area contributed by atoms with E-state index in [0.29, 0.717) is 29.8 Å². The van der Waals surface area contributed by atoms with Gasteiger partial charge in [0.05, 0.1) is 19.9 Å². The second-order valence-corrected chi connectivity index (χ2v) is 3.68. The van der Waals surface area contributed by atoms with Crippen LogP contribution in [-0.2, 0) is 13.0 Å². The number of nitrogens with zero attached hydrogens (tertiary/aromatic N) is 3. The molecule has 2 heterocycles. The standard InChI is InChI=1S/C11H16N6O2/c1-3-7-4-13-8(19-7)5-14-10-9(18-2)11(17-12)16-6-15-10/h4,6H,3,5,12H2,1-2H3,(H2,14,15,16,17). The van der Waals surface area contributed by atoms with Crippen molar-refractivity contribution in [1.29, 1.82) is 0 Å². The lowest BCUT2D eigenvalue weighted by Crippen LogP contribution is -2.12. The second kappa shape index (κ2) is 6.01. The molecule has 0 aliphatic rings. The molecule has 2 rings (SSSR count). The Morgan fingerprint density at radius 2 is 2.11 bits per heavy atom. The summed E-state index contributed by atoms with van der Waals surface area (Å²) in [6.45, 7) is 2.40. The molecule has 0 aliphatic carbocycles. The Kier molecular flexibility index (Phi) is 4.14. The zero-order chi connectivity index (χ0) is 13.7. The van der Waals surface area contributed by atoms with Crippen LogP contribution >= 0.6 is 0 Å². The molecule has 0 radical (unpaired) electrons. The van der Waals surface area contributed by atoms with Gasteiger partial charge in [0.25, 0.3) is 0 Å². The molecule has 2 aromatic heterocycles. The van der Waals surface area contributed by atoms with Crippen LogP contribution in [-0.4, -0.2) is 22.1 Å². The van der Waals surface area contributed by atoms with Crippen molar-refractivity contribution >= 4 is 11.6 Å². The SMILES string of the molecule is CCc1cnc(CNc2ncnc(NN)c2OC)o1. The number of anilines is 2. The van der Waals surface area contributed by atoms with Crippen LogP contribution in [0.3, 0.4) is 0 Å². The van der Waals surface area contributed by atoms with Crippen LogP contribution in [0.2, 0.25) is 0 Å². The van der Waals surface area contributed by atoms with Crippen molar-refractivity contribution in [2.24, 2.45) is 5.84 Å². The number of nitrogens with two attached hydrogens (primary N) is 1. The van der Waals surface area contributed by atoms with Crippen molar-refractivity contribution in [1.82, 2.24) is 15.0 Å². The van der Waals surface area contributed by atoms with Crippen molar-refractivity contribution in [3.63, 3.8) is 0 Å². The molecular weight excluding hydrogens is 248 g/mol. The molecule has 0 amide bonds. The van der Waals surface area contributed by atoms with E-state index >= 15 is 0 Å². The van der Waals surface area contributed by atoms with Gasteiger partial charge in [-0.25, -0.2) is 20.8 Å². The molecule has 8 heteroatoms. The van der Waals surface area contributed by atoms with Gasteiger partial charge in [-0.3, -0.25) is 0 Å². The third-order valence-electron chi connectivity index (χ3n) is 2.50. The number of hydrazine groups is 1. The van der Waals surface area contributed by atoms with E-state index in [9.17, 15) is 0 Å². The maximum Gasteiger partial charge on any atom is 0.213 e. The topological polar surface area (TPSA) is 111 Å². The number of nitrogens with one attached hydrogen (secondary N) is 2. The summed E-state index contributed by atoms with van der Waals surface area (Å²) < 4.78 is 10.7. The number of oxazole rings is 1. The van der Waals surface area contributed by atoms with Crippen LogP contribution < -0.4 is 21.3 Å². The molecule has 19 heavy (non-hydrogen) atoms. The van der Waals surface area contributed by atoms with Crippen molar-refractivity contribution in [3.8, 4) is 5.75 Å². The van der Waals surface area contributed by atoms with Crippen molar-refractivity contribution < 1.29 is 9.15 Å². The molecule has 4 N–H and O–H groups in total. The van der Waals surface area contributed by atoms with E-state index in [1.54, 1.807) is 6.20 Å². The molecule has 8 nitrogen and oxygen atoms in total. The van der Waals surface area contributed by atoms with Gasteiger partial charge in [0.1, 0.15) is 12.1 Å². The summed E-state index contributed by atoms with van der Waals surface area (Å²) in [7, 11) is 1.52. The highest BCUT2D eigenvalue weighted by atomic mass is 16.5. The van der Waals surface area contributed by atoms with Crippen LogP contribution in [0.5, 0.6) is 5.75 Å². The van der Waals surface area contributed by atoms with Crippen LogP contribution in [0, 0.1) is 0 Å². The average Bonchev–Trinajstić information content (AvgIpc) is 2.92. The lowest BCUT2D eigenvalue weighted by Gasteiger charge is -2.11. The van der Waals surface area contributed by atoms with Gasteiger partial charge >= 0.3 is 0 Å². The average molecular weight is 264 g/mol. The van der Waals surface area contributed by atoms with Gasteiger partial charge in [-0.15, -0.1) is 0 Å². The molecule has 0 aromatic carbocycles. The van der Waals surface area contributed by atoms with Crippen molar-refractivity contribution in [2.45, 2.75) is 19.9 Å². The Morgan fingerprint density at radius 3 is 2.74 bits per heavy atom. The van der Waals surface area contributed by atoms with Gasteiger partial charge in [-0.05, 0) is 0 Å². The molecule has 0 fully saturated rings. The zero-order valence-corrected chi connectivity index (χ0v) is 10.8. The molecule has 0 bridgehead atoms. The minimum atomic E-state index is 0.400. The number of rotatable bonds is 6. The molecule has 0 unspecified atom stereocenters. The first kappa shape index (κ1) is 13.1. The van der Waals surface area contributed by atoms with Gasteiger partial charge in [-0.2, -0.15) is 0 Å². The number of aromatic nitrogens is 3. The molecule has 102 valence electrons. The highest BCUT2D eigenvalue weighted by Crippen LogP contribution is 2.28. The van der Waals surface area contributed by atoms with E-state index in [-0.39, 0.29) is 0 Å². The summed E-state index contributed by atoms with van der Waals surface area (Å²) >= 11 is 0. The summed E-state index contributed by atoms with van der Waals surface area (Å²) in [6.07, 6.45) is 3.90. The predicted molar refractivity (Wildman–Crippen MR) is 69.6 cm³/mol. The van der Waals surface area contributed by atoms with E-state index in [1.807, 2.05) is 6.92 Å². The van der Waals surface area contributed by atoms with Gasteiger partial charge in [-0.1, -0.05) is 6.92 Å². The van der Waals surface area contributed by atoms with Crippen LogP contribution in [0.1, 0.15) is 18.6 Å². The Hall–Kier alpha value is -2.35. The maximum atomic E-state index is 5.49. The quantitative estimate of drug-likeness (QED) is 0.522. The number of hydrogen-bond donors (Lipinski definition) is 3. The molecular formula is C11H16N6O2. The highest BCUT2D eigenvalue weighted by molar-refractivity contribution is 5.62.